The van der Waals surface area contributed by atoms with Gasteiger partial charge in [-0.15, -0.1) is 0 Å². The Morgan fingerprint density at radius 1 is 0.833 bits per heavy atom. The largest absolute Gasteiger partial charge is 0.462 e. The van der Waals surface area contributed by atoms with Gasteiger partial charge < -0.3 is 4.74 Å². The lowest BCUT2D eigenvalue weighted by atomic mass is 9.48. The Hall–Kier alpha value is -1.38. The predicted octanol–water partition coefficient (Wildman–Crippen LogP) is 13.3. The molecule has 0 N–H and O–H groups in total. The van der Waals surface area contributed by atoms with E-state index < -0.39 is 0 Å². The lowest BCUT2D eigenvalue weighted by Crippen LogP contribution is -2.49. The molecule has 0 spiro atoms. The van der Waals surface area contributed by atoms with Crippen LogP contribution in [0.4, 0.5) is 0 Å². The number of hydrogen-bond acceptors (Lipinski definition) is 3. The Balaban J connectivity index is 1.15. The molecule has 4 rings (SSSR count). The SMILES string of the molecule is CCCCCCCC/C=C/CCCCCCCC(=O)O[C@H]1CC[C@@]2(C)[C@@H](CCC3=C4C(=O)C[C@H]([C@H](C)CCCC(C)C)[C@@]4(C)CC[C@@H]32)C1. The van der Waals surface area contributed by atoms with Crippen LogP contribution in [0.2, 0.25) is 0 Å². The molecule has 3 heteroatoms. The molecule has 0 amide bonds. The van der Waals surface area contributed by atoms with Gasteiger partial charge in [-0.3, -0.25) is 9.59 Å². The topological polar surface area (TPSA) is 43.4 Å². The van der Waals surface area contributed by atoms with Crippen LogP contribution in [0.1, 0.15) is 202 Å². The van der Waals surface area contributed by atoms with Crippen LogP contribution in [0.15, 0.2) is 23.3 Å². The number of esters is 1. The van der Waals surface area contributed by atoms with E-state index in [4.69, 9.17) is 4.74 Å². The third-order valence-electron chi connectivity index (χ3n) is 13.9. The molecule has 0 aromatic heterocycles. The molecule has 4 aliphatic rings. The molecule has 0 aromatic carbocycles. The number of carbonyl (C=O) groups excluding carboxylic acids is 2. The van der Waals surface area contributed by atoms with Crippen LogP contribution < -0.4 is 0 Å². The normalized spacial score (nSPS) is 30.9. The average Bonchev–Trinajstić information content (AvgIpc) is 3.33. The second kappa shape index (κ2) is 19.3. The van der Waals surface area contributed by atoms with Crippen LogP contribution in [0.3, 0.4) is 0 Å². The molecular weight excluding hydrogens is 588 g/mol. The highest BCUT2D eigenvalue weighted by Gasteiger charge is 2.58. The molecule has 3 nitrogen and oxygen atoms in total. The maximum Gasteiger partial charge on any atom is 0.306 e. The zero-order valence-corrected chi connectivity index (χ0v) is 32.5. The van der Waals surface area contributed by atoms with Gasteiger partial charge in [0.15, 0.2) is 5.78 Å². The highest BCUT2D eigenvalue weighted by Crippen LogP contribution is 2.65. The molecule has 0 saturated heterocycles. The summed E-state index contributed by atoms with van der Waals surface area (Å²) in [5, 5.41) is 0. The minimum absolute atomic E-state index is 0.0263. The summed E-state index contributed by atoms with van der Waals surface area (Å²) in [7, 11) is 0. The first-order chi connectivity index (χ1) is 23.1. The third-order valence-corrected chi connectivity index (χ3v) is 13.9. The van der Waals surface area contributed by atoms with Gasteiger partial charge in [0, 0.05) is 18.4 Å². The first-order valence-corrected chi connectivity index (χ1v) is 21.2. The van der Waals surface area contributed by atoms with E-state index in [1.54, 1.807) is 5.57 Å². The molecule has 274 valence electrons. The zero-order chi connectivity index (χ0) is 34.6. The van der Waals surface area contributed by atoms with Crippen molar-refractivity contribution in [2.45, 2.75) is 208 Å². The van der Waals surface area contributed by atoms with Gasteiger partial charge in [-0.2, -0.15) is 0 Å². The Bertz CT molecular complexity index is 1070. The van der Waals surface area contributed by atoms with Crippen LogP contribution >= 0.6 is 0 Å². The summed E-state index contributed by atoms with van der Waals surface area (Å²) in [6, 6.07) is 0. The summed E-state index contributed by atoms with van der Waals surface area (Å²) >= 11 is 0. The quantitative estimate of drug-likeness (QED) is 0.0697. The van der Waals surface area contributed by atoms with Crippen LogP contribution in [0.5, 0.6) is 0 Å². The van der Waals surface area contributed by atoms with Crippen molar-refractivity contribution < 1.29 is 14.3 Å². The third kappa shape index (κ3) is 10.3. The van der Waals surface area contributed by atoms with Crippen molar-refractivity contribution in [1.29, 1.82) is 0 Å². The number of Topliss-reactive ketones (excluding diaryl/α,β-unsaturated/α-hetero) is 1. The van der Waals surface area contributed by atoms with Gasteiger partial charge in [0.05, 0.1) is 0 Å². The van der Waals surface area contributed by atoms with Crippen LogP contribution in [-0.2, 0) is 14.3 Å². The van der Waals surface area contributed by atoms with Gasteiger partial charge in [0.25, 0.3) is 0 Å². The van der Waals surface area contributed by atoms with E-state index >= 15 is 0 Å². The van der Waals surface area contributed by atoms with Gasteiger partial charge in [0.1, 0.15) is 6.10 Å². The van der Waals surface area contributed by atoms with Crippen molar-refractivity contribution in [3.8, 4) is 0 Å². The second-order valence-corrected chi connectivity index (χ2v) is 17.9. The summed E-state index contributed by atoms with van der Waals surface area (Å²) < 4.78 is 6.12. The summed E-state index contributed by atoms with van der Waals surface area (Å²) in [5.74, 6) is 3.56. The first-order valence-electron chi connectivity index (χ1n) is 21.2. The van der Waals surface area contributed by atoms with E-state index in [1.165, 1.54) is 108 Å². The Morgan fingerprint density at radius 3 is 2.19 bits per heavy atom. The molecular formula is C45H76O3. The predicted molar refractivity (Wildman–Crippen MR) is 203 cm³/mol. The molecule has 0 aliphatic heterocycles. The Kier molecular flexibility index (Phi) is 15.8. The number of carbonyl (C=O) groups is 2. The van der Waals surface area contributed by atoms with Crippen molar-refractivity contribution in [2.24, 2.45) is 40.4 Å². The standard InChI is InChI=1S/C45H76O3/c1-7-8-9-10-11-12-13-14-15-16-17-18-19-20-21-25-42(47)48-37-28-30-44(5)36(32-37)26-27-38-39(44)29-31-45(6)40(33-41(46)43(38)45)35(4)24-22-23-34(2)3/h14-15,34-37,39-40H,7-13,16-33H2,1-6H3/b15-14+/t35-,36+,37+,39+,40-,44+,45-/m1/s1. The molecule has 3 fully saturated rings. The number of ketones is 1. The van der Waals surface area contributed by atoms with Crippen molar-refractivity contribution in [3.05, 3.63) is 23.3 Å². The van der Waals surface area contributed by atoms with Gasteiger partial charge in [0.2, 0.25) is 0 Å². The second-order valence-electron chi connectivity index (χ2n) is 17.9. The fraction of sp³-hybridized carbons (Fsp3) is 0.867. The minimum atomic E-state index is 0.0263. The average molecular weight is 665 g/mol. The smallest absolute Gasteiger partial charge is 0.306 e. The molecule has 7 atom stereocenters. The van der Waals surface area contributed by atoms with Crippen LogP contribution in [0, 0.1) is 40.4 Å². The number of ether oxygens (including phenoxy) is 1. The number of fused-ring (bicyclic) bond motifs is 4. The summed E-state index contributed by atoms with van der Waals surface area (Å²) in [6.07, 6.45) is 34.4. The number of rotatable bonds is 21. The minimum Gasteiger partial charge on any atom is -0.462 e. The van der Waals surface area contributed by atoms with Crippen LogP contribution in [-0.4, -0.2) is 17.9 Å². The summed E-state index contributed by atoms with van der Waals surface area (Å²) in [6.45, 7) is 14.3. The van der Waals surface area contributed by atoms with Crippen LogP contribution in [0.25, 0.3) is 0 Å². The number of allylic oxidation sites excluding steroid dienone is 4. The van der Waals surface area contributed by atoms with Gasteiger partial charge >= 0.3 is 5.97 Å². The monoisotopic (exact) mass is 665 g/mol. The van der Waals surface area contributed by atoms with Crippen molar-refractivity contribution in [3.63, 3.8) is 0 Å². The maximum absolute atomic E-state index is 13.7. The molecule has 3 saturated carbocycles. The van der Waals surface area contributed by atoms with E-state index in [2.05, 4.69) is 53.7 Å². The van der Waals surface area contributed by atoms with E-state index in [0.29, 0.717) is 35.9 Å². The number of hydrogen-bond donors (Lipinski definition) is 0. The van der Waals surface area contributed by atoms with Gasteiger partial charge in [-0.1, -0.05) is 130 Å². The fourth-order valence-corrected chi connectivity index (χ4v) is 10.9. The molecule has 0 aromatic rings. The summed E-state index contributed by atoms with van der Waals surface area (Å²) in [5.41, 5.74) is 3.17. The first kappa shape index (κ1) is 39.4. The van der Waals surface area contributed by atoms with Crippen molar-refractivity contribution in [1.82, 2.24) is 0 Å². The van der Waals surface area contributed by atoms with Gasteiger partial charge in [-0.05, 0) is 117 Å². The van der Waals surface area contributed by atoms with Crippen molar-refractivity contribution >= 4 is 11.8 Å². The van der Waals surface area contributed by atoms with E-state index in [9.17, 15) is 9.59 Å². The molecule has 48 heavy (non-hydrogen) atoms. The number of unbranched alkanes of at least 4 members (excludes halogenated alkanes) is 11. The highest BCUT2D eigenvalue weighted by molar-refractivity contribution is 6.00. The Labute approximate surface area is 297 Å². The molecule has 0 unspecified atom stereocenters. The van der Waals surface area contributed by atoms with Crippen molar-refractivity contribution in [2.75, 3.05) is 0 Å². The fourth-order valence-electron chi connectivity index (χ4n) is 10.9. The highest BCUT2D eigenvalue weighted by atomic mass is 16.5. The summed E-state index contributed by atoms with van der Waals surface area (Å²) in [4.78, 5) is 26.6. The molecule has 0 bridgehead atoms. The molecule has 4 aliphatic carbocycles. The van der Waals surface area contributed by atoms with E-state index in [0.717, 1.165) is 57.3 Å². The molecule has 0 heterocycles. The lowest BCUT2D eigenvalue weighted by molar-refractivity contribution is -0.155. The van der Waals surface area contributed by atoms with E-state index in [1.807, 2.05) is 0 Å². The lowest BCUT2D eigenvalue weighted by Gasteiger charge is -2.56. The van der Waals surface area contributed by atoms with Gasteiger partial charge in [-0.25, -0.2) is 0 Å². The zero-order valence-electron chi connectivity index (χ0n) is 32.5. The molecule has 0 radical (unpaired) electrons. The maximum atomic E-state index is 13.7. The Morgan fingerprint density at radius 2 is 1.50 bits per heavy atom. The van der Waals surface area contributed by atoms with E-state index in [-0.39, 0.29) is 22.9 Å².